The van der Waals surface area contributed by atoms with E-state index in [0.717, 1.165) is 16.8 Å². The topological polar surface area (TPSA) is 55.2 Å². The lowest BCUT2D eigenvalue weighted by molar-refractivity contribution is -0.125. The van der Waals surface area contributed by atoms with Gasteiger partial charge in [-0.25, -0.2) is 4.68 Å². The Balaban J connectivity index is 1.68. The molecule has 0 radical (unpaired) electrons. The Bertz CT molecular complexity index is 883. The lowest BCUT2D eigenvalue weighted by Crippen LogP contribution is -2.32. The number of hydrogen-bond donors (Lipinski definition) is 0. The van der Waals surface area contributed by atoms with Gasteiger partial charge in [-0.15, -0.1) is 0 Å². The molecule has 1 heterocycles. The summed E-state index contributed by atoms with van der Waals surface area (Å²) in [5, 5.41) is 4.31. The number of aromatic nitrogens is 2. The van der Waals surface area contributed by atoms with Crippen molar-refractivity contribution in [2.45, 2.75) is 13.5 Å². The fraction of sp³-hybridized carbons (Fsp3) is 0.150. The van der Waals surface area contributed by atoms with Gasteiger partial charge < -0.3 is 4.90 Å². The fourth-order valence-electron chi connectivity index (χ4n) is 2.51. The Labute approximate surface area is 146 Å². The molecule has 0 bridgehead atoms. The number of nitrogens with zero attached hydrogens (tertiary/aromatic N) is 3. The van der Waals surface area contributed by atoms with Crippen LogP contribution in [0.2, 0.25) is 0 Å². The first-order chi connectivity index (χ1) is 12.0. The van der Waals surface area contributed by atoms with Crippen LogP contribution < -0.4 is 0 Å². The molecule has 2 aromatic carbocycles. The van der Waals surface area contributed by atoms with Crippen molar-refractivity contribution in [2.75, 3.05) is 7.05 Å². The van der Waals surface area contributed by atoms with Gasteiger partial charge in [0.25, 0.3) is 5.91 Å². The Morgan fingerprint density at radius 2 is 1.72 bits per heavy atom. The van der Waals surface area contributed by atoms with Crippen LogP contribution in [0, 0.1) is 6.92 Å². The Hall–Kier alpha value is -3.21. The lowest BCUT2D eigenvalue weighted by atomic mass is 10.1. The van der Waals surface area contributed by atoms with Gasteiger partial charge in [-0.2, -0.15) is 5.10 Å². The Kier molecular flexibility index (Phi) is 4.75. The van der Waals surface area contributed by atoms with Crippen LogP contribution in [0.4, 0.5) is 0 Å². The zero-order valence-electron chi connectivity index (χ0n) is 14.2. The molecule has 0 N–H and O–H groups in total. The maximum Gasteiger partial charge on any atom is 0.295 e. The molecule has 0 unspecified atom stereocenters. The summed E-state index contributed by atoms with van der Waals surface area (Å²) in [7, 11) is 1.62. The predicted octanol–water partition coefficient (Wildman–Crippen LogP) is 3.02. The summed E-state index contributed by atoms with van der Waals surface area (Å²) >= 11 is 0. The summed E-state index contributed by atoms with van der Waals surface area (Å²) in [4.78, 5) is 26.1. The molecule has 0 atom stereocenters. The number of rotatable bonds is 5. The largest absolute Gasteiger partial charge is 0.334 e. The second-order valence-electron chi connectivity index (χ2n) is 5.99. The first-order valence-electron chi connectivity index (χ1n) is 8.00. The molecule has 0 aliphatic rings. The van der Waals surface area contributed by atoms with Crippen LogP contribution in [0.3, 0.4) is 0 Å². The number of carbonyl (C=O) groups excluding carboxylic acids is 2. The van der Waals surface area contributed by atoms with Crippen LogP contribution in [0.1, 0.15) is 21.5 Å². The SMILES string of the molecule is Cc1ccc(C(=O)C(=O)N(C)Cc2cnn(-c3ccccc3)c2)cc1. The molecule has 0 aliphatic heterocycles. The van der Waals surface area contributed by atoms with E-state index in [1.807, 2.05) is 55.6 Å². The average molecular weight is 333 g/mol. The van der Waals surface area contributed by atoms with Gasteiger partial charge >= 0.3 is 0 Å². The number of Topliss-reactive ketones (excluding diaryl/α,β-unsaturated/α-hetero) is 1. The smallest absolute Gasteiger partial charge is 0.295 e. The highest BCUT2D eigenvalue weighted by Gasteiger charge is 2.20. The highest BCUT2D eigenvalue weighted by atomic mass is 16.2. The first-order valence-corrected chi connectivity index (χ1v) is 8.00. The number of para-hydroxylation sites is 1. The third kappa shape index (κ3) is 3.83. The van der Waals surface area contributed by atoms with E-state index in [9.17, 15) is 9.59 Å². The monoisotopic (exact) mass is 333 g/mol. The van der Waals surface area contributed by atoms with E-state index >= 15 is 0 Å². The molecule has 3 rings (SSSR count). The molecule has 1 amide bonds. The fourth-order valence-corrected chi connectivity index (χ4v) is 2.51. The maximum absolute atomic E-state index is 12.4. The van der Waals surface area contributed by atoms with E-state index in [4.69, 9.17) is 0 Å². The second-order valence-corrected chi connectivity index (χ2v) is 5.99. The van der Waals surface area contributed by atoms with Gasteiger partial charge in [0, 0.05) is 30.9 Å². The number of likely N-dealkylation sites (N-methyl/N-ethyl adjacent to an activating group) is 1. The predicted molar refractivity (Wildman–Crippen MR) is 95.5 cm³/mol. The van der Waals surface area contributed by atoms with Crippen LogP contribution in [0.25, 0.3) is 5.69 Å². The van der Waals surface area contributed by atoms with E-state index < -0.39 is 11.7 Å². The van der Waals surface area contributed by atoms with Crippen molar-refractivity contribution >= 4 is 11.7 Å². The third-order valence-corrected chi connectivity index (χ3v) is 3.93. The van der Waals surface area contributed by atoms with Crippen LogP contribution >= 0.6 is 0 Å². The Morgan fingerprint density at radius 3 is 2.40 bits per heavy atom. The maximum atomic E-state index is 12.4. The van der Waals surface area contributed by atoms with E-state index in [2.05, 4.69) is 5.10 Å². The Morgan fingerprint density at radius 1 is 1.04 bits per heavy atom. The number of carbonyl (C=O) groups is 2. The minimum atomic E-state index is -0.531. The van der Waals surface area contributed by atoms with E-state index in [0.29, 0.717) is 12.1 Å². The van der Waals surface area contributed by atoms with Gasteiger partial charge in [0.1, 0.15) is 0 Å². The summed E-state index contributed by atoms with van der Waals surface area (Å²) in [6.45, 7) is 2.26. The first kappa shape index (κ1) is 16.6. The van der Waals surface area contributed by atoms with Crippen molar-refractivity contribution in [1.29, 1.82) is 0 Å². The molecule has 0 saturated carbocycles. The van der Waals surface area contributed by atoms with E-state index in [-0.39, 0.29) is 0 Å². The van der Waals surface area contributed by atoms with Gasteiger partial charge in [0.15, 0.2) is 0 Å². The third-order valence-electron chi connectivity index (χ3n) is 3.93. The lowest BCUT2D eigenvalue weighted by Gasteiger charge is -2.15. The molecular weight excluding hydrogens is 314 g/mol. The quantitative estimate of drug-likeness (QED) is 0.533. The molecule has 25 heavy (non-hydrogen) atoms. The second kappa shape index (κ2) is 7.13. The van der Waals surface area contributed by atoms with Crippen molar-refractivity contribution in [3.05, 3.63) is 83.7 Å². The molecule has 0 saturated heterocycles. The number of aryl methyl sites for hydroxylation is 1. The van der Waals surface area contributed by atoms with Crippen molar-refractivity contribution in [3.8, 4) is 5.69 Å². The van der Waals surface area contributed by atoms with E-state index in [1.54, 1.807) is 30.1 Å². The van der Waals surface area contributed by atoms with Crippen LogP contribution in [-0.4, -0.2) is 33.4 Å². The molecule has 0 spiro atoms. The molecule has 0 aliphatic carbocycles. The highest BCUT2D eigenvalue weighted by molar-refractivity contribution is 6.42. The molecule has 0 fully saturated rings. The number of ketones is 1. The molecule has 1 aromatic heterocycles. The molecule has 126 valence electrons. The van der Waals surface area contributed by atoms with Crippen molar-refractivity contribution < 1.29 is 9.59 Å². The van der Waals surface area contributed by atoms with Gasteiger partial charge in [0.05, 0.1) is 11.9 Å². The van der Waals surface area contributed by atoms with E-state index in [1.165, 1.54) is 4.90 Å². The zero-order chi connectivity index (χ0) is 17.8. The minimum Gasteiger partial charge on any atom is -0.334 e. The summed E-state index contributed by atoms with van der Waals surface area (Å²) in [6, 6.07) is 16.7. The molecular formula is C20H19N3O2. The highest BCUT2D eigenvalue weighted by Crippen LogP contribution is 2.11. The number of benzene rings is 2. The molecule has 3 aromatic rings. The average Bonchev–Trinajstić information content (AvgIpc) is 3.10. The van der Waals surface area contributed by atoms with Crippen LogP contribution in [-0.2, 0) is 11.3 Å². The van der Waals surface area contributed by atoms with Crippen molar-refractivity contribution in [2.24, 2.45) is 0 Å². The summed E-state index contributed by atoms with van der Waals surface area (Å²) in [5.41, 5.74) is 3.25. The standard InChI is InChI=1S/C20H19N3O2/c1-15-8-10-17(11-9-15)19(24)20(25)22(2)13-16-12-21-23(14-16)18-6-4-3-5-7-18/h3-12,14H,13H2,1-2H3. The zero-order valence-corrected chi connectivity index (χ0v) is 14.2. The van der Waals surface area contributed by atoms with Crippen molar-refractivity contribution in [1.82, 2.24) is 14.7 Å². The number of hydrogen-bond acceptors (Lipinski definition) is 3. The van der Waals surface area contributed by atoms with Gasteiger partial charge in [-0.05, 0) is 19.1 Å². The van der Waals surface area contributed by atoms with Gasteiger partial charge in [0.2, 0.25) is 5.78 Å². The van der Waals surface area contributed by atoms with Gasteiger partial charge in [-0.1, -0.05) is 48.0 Å². The molecule has 5 heteroatoms. The normalized spacial score (nSPS) is 10.5. The van der Waals surface area contributed by atoms with Crippen molar-refractivity contribution in [3.63, 3.8) is 0 Å². The molecule has 5 nitrogen and oxygen atoms in total. The summed E-state index contributed by atoms with van der Waals surface area (Å²) < 4.78 is 1.75. The van der Waals surface area contributed by atoms with Gasteiger partial charge in [-0.3, -0.25) is 9.59 Å². The van der Waals surface area contributed by atoms with Crippen LogP contribution in [0.5, 0.6) is 0 Å². The summed E-state index contributed by atoms with van der Waals surface area (Å²) in [5.74, 6) is -1.03. The number of amides is 1. The summed E-state index contributed by atoms with van der Waals surface area (Å²) in [6.07, 6.45) is 3.56. The minimum absolute atomic E-state index is 0.323. The van der Waals surface area contributed by atoms with Crippen LogP contribution in [0.15, 0.2) is 67.0 Å².